The molecule has 1 aromatic heterocycles. The SMILES string of the molecule is O[C@H](COc1ccc(Br)cc1)CN1CCCN(c2nc3ccc(Cl)cc3s2)CC1. The van der Waals surface area contributed by atoms with Gasteiger partial charge < -0.3 is 14.7 Å². The zero-order valence-electron chi connectivity index (χ0n) is 15.9. The fraction of sp³-hybridized carbons (Fsp3) is 0.381. The third-order valence-corrected chi connectivity index (χ3v) is 6.77. The number of hydrogen-bond donors (Lipinski definition) is 1. The van der Waals surface area contributed by atoms with E-state index < -0.39 is 6.10 Å². The van der Waals surface area contributed by atoms with Crippen LogP contribution in [0.25, 0.3) is 10.2 Å². The third-order valence-electron chi connectivity index (χ3n) is 4.92. The molecule has 1 aliphatic rings. The van der Waals surface area contributed by atoms with Crippen LogP contribution in [0.4, 0.5) is 5.13 Å². The second-order valence-corrected chi connectivity index (χ2v) is 9.53. The van der Waals surface area contributed by atoms with E-state index in [4.69, 9.17) is 21.3 Å². The highest BCUT2D eigenvalue weighted by molar-refractivity contribution is 9.10. The van der Waals surface area contributed by atoms with Crippen LogP contribution >= 0.6 is 38.9 Å². The lowest BCUT2D eigenvalue weighted by Crippen LogP contribution is -2.38. The number of benzene rings is 2. The van der Waals surface area contributed by atoms with Gasteiger partial charge in [-0.1, -0.05) is 38.9 Å². The molecular weight excluding hydrogens is 474 g/mol. The lowest BCUT2D eigenvalue weighted by Gasteiger charge is -2.24. The van der Waals surface area contributed by atoms with Crippen molar-refractivity contribution in [3.8, 4) is 5.75 Å². The van der Waals surface area contributed by atoms with E-state index >= 15 is 0 Å². The molecule has 2 heterocycles. The van der Waals surface area contributed by atoms with E-state index in [1.54, 1.807) is 11.3 Å². The number of anilines is 1. The van der Waals surface area contributed by atoms with Crippen molar-refractivity contribution in [2.75, 3.05) is 44.2 Å². The monoisotopic (exact) mass is 495 g/mol. The van der Waals surface area contributed by atoms with E-state index in [0.717, 1.165) is 63.2 Å². The summed E-state index contributed by atoms with van der Waals surface area (Å²) in [6.45, 7) is 4.62. The molecule has 0 saturated carbocycles. The lowest BCUT2D eigenvalue weighted by atomic mass is 10.3. The molecule has 0 amide bonds. The fourth-order valence-electron chi connectivity index (χ4n) is 3.44. The number of aliphatic hydroxyl groups is 1. The summed E-state index contributed by atoms with van der Waals surface area (Å²) < 4.78 is 7.83. The smallest absolute Gasteiger partial charge is 0.186 e. The molecule has 0 unspecified atom stereocenters. The minimum absolute atomic E-state index is 0.292. The Bertz CT molecular complexity index is 953. The van der Waals surface area contributed by atoms with E-state index in [1.807, 2.05) is 42.5 Å². The molecule has 0 radical (unpaired) electrons. The number of rotatable bonds is 6. The van der Waals surface area contributed by atoms with Crippen molar-refractivity contribution in [2.45, 2.75) is 12.5 Å². The first-order chi connectivity index (χ1) is 14.1. The second kappa shape index (κ2) is 9.62. The van der Waals surface area contributed by atoms with Gasteiger partial charge in [0.05, 0.1) is 10.2 Å². The van der Waals surface area contributed by atoms with Crippen molar-refractivity contribution in [2.24, 2.45) is 0 Å². The largest absolute Gasteiger partial charge is 0.491 e. The Labute approximate surface area is 188 Å². The Morgan fingerprint density at radius 1 is 1.14 bits per heavy atom. The molecule has 8 heteroatoms. The summed E-state index contributed by atoms with van der Waals surface area (Å²) in [6.07, 6.45) is 0.520. The first kappa shape index (κ1) is 20.9. The molecule has 5 nitrogen and oxygen atoms in total. The third kappa shape index (κ3) is 5.61. The number of fused-ring (bicyclic) bond motifs is 1. The van der Waals surface area contributed by atoms with Gasteiger partial charge in [-0.2, -0.15) is 0 Å². The first-order valence-corrected chi connectivity index (χ1v) is 11.7. The number of halogens is 2. The van der Waals surface area contributed by atoms with Crippen LogP contribution in [-0.4, -0.2) is 60.4 Å². The number of hydrogen-bond acceptors (Lipinski definition) is 6. The van der Waals surface area contributed by atoms with Crippen LogP contribution in [0.15, 0.2) is 46.9 Å². The van der Waals surface area contributed by atoms with Crippen LogP contribution in [0.5, 0.6) is 5.75 Å². The van der Waals surface area contributed by atoms with Gasteiger partial charge in [0.1, 0.15) is 18.5 Å². The maximum atomic E-state index is 10.4. The van der Waals surface area contributed by atoms with Crippen molar-refractivity contribution in [1.82, 2.24) is 9.88 Å². The Balaban J connectivity index is 1.29. The minimum Gasteiger partial charge on any atom is -0.491 e. The first-order valence-electron chi connectivity index (χ1n) is 9.67. The summed E-state index contributed by atoms with van der Waals surface area (Å²) in [7, 11) is 0. The number of ether oxygens (including phenoxy) is 1. The lowest BCUT2D eigenvalue weighted by molar-refractivity contribution is 0.0705. The van der Waals surface area contributed by atoms with Crippen LogP contribution in [0, 0.1) is 0 Å². The van der Waals surface area contributed by atoms with Crippen LogP contribution in [0.3, 0.4) is 0 Å². The van der Waals surface area contributed by atoms with E-state index in [9.17, 15) is 5.11 Å². The van der Waals surface area contributed by atoms with Crippen molar-refractivity contribution in [3.05, 3.63) is 52.0 Å². The van der Waals surface area contributed by atoms with Crippen LogP contribution < -0.4 is 9.64 Å². The van der Waals surface area contributed by atoms with Gasteiger partial charge in [0.25, 0.3) is 0 Å². The Kier molecular flexibility index (Phi) is 6.92. The van der Waals surface area contributed by atoms with Gasteiger partial charge in [0.2, 0.25) is 0 Å². The molecule has 0 aliphatic carbocycles. The number of aromatic nitrogens is 1. The molecule has 0 bridgehead atoms. The van der Waals surface area contributed by atoms with Crippen molar-refractivity contribution in [1.29, 1.82) is 0 Å². The Morgan fingerprint density at radius 3 is 2.79 bits per heavy atom. The normalized spacial score (nSPS) is 16.7. The zero-order valence-corrected chi connectivity index (χ0v) is 19.1. The maximum absolute atomic E-state index is 10.4. The van der Waals surface area contributed by atoms with E-state index in [0.29, 0.717) is 13.2 Å². The molecule has 1 N–H and O–H groups in total. The average molecular weight is 497 g/mol. The summed E-state index contributed by atoms with van der Waals surface area (Å²) in [5, 5.41) is 12.2. The van der Waals surface area contributed by atoms with Crippen molar-refractivity contribution < 1.29 is 9.84 Å². The van der Waals surface area contributed by atoms with Gasteiger partial charge in [-0.05, 0) is 55.4 Å². The van der Waals surface area contributed by atoms with Crippen LogP contribution in [0.1, 0.15) is 6.42 Å². The quantitative estimate of drug-likeness (QED) is 0.538. The highest BCUT2D eigenvalue weighted by Crippen LogP contribution is 2.31. The summed E-state index contributed by atoms with van der Waals surface area (Å²) >= 11 is 11.2. The van der Waals surface area contributed by atoms with E-state index in [1.165, 1.54) is 0 Å². The fourth-order valence-corrected chi connectivity index (χ4v) is 5.00. The van der Waals surface area contributed by atoms with Crippen LogP contribution in [0.2, 0.25) is 5.02 Å². The number of β-amino-alcohol motifs (C(OH)–C–C–N with tert-alkyl or cyclic N) is 1. The van der Waals surface area contributed by atoms with E-state index in [2.05, 4.69) is 25.7 Å². The summed E-state index contributed by atoms with van der Waals surface area (Å²) in [5.41, 5.74) is 0.996. The predicted molar refractivity (Wildman–Crippen MR) is 124 cm³/mol. The maximum Gasteiger partial charge on any atom is 0.186 e. The highest BCUT2D eigenvalue weighted by atomic mass is 79.9. The molecule has 0 spiro atoms. The van der Waals surface area contributed by atoms with Gasteiger partial charge in [-0.25, -0.2) is 4.98 Å². The van der Waals surface area contributed by atoms with Gasteiger partial charge >= 0.3 is 0 Å². The number of nitrogens with zero attached hydrogens (tertiary/aromatic N) is 3. The van der Waals surface area contributed by atoms with E-state index in [-0.39, 0.29) is 0 Å². The summed E-state index contributed by atoms with van der Waals surface area (Å²) in [5.74, 6) is 0.769. The minimum atomic E-state index is -0.519. The Morgan fingerprint density at radius 2 is 1.97 bits per heavy atom. The van der Waals surface area contributed by atoms with Gasteiger partial charge in [-0.3, -0.25) is 4.90 Å². The second-order valence-electron chi connectivity index (χ2n) is 7.17. The molecule has 1 saturated heterocycles. The van der Waals surface area contributed by atoms with Crippen molar-refractivity contribution >= 4 is 54.2 Å². The molecule has 3 aromatic rings. The predicted octanol–water partition coefficient (Wildman–Crippen LogP) is 4.66. The molecule has 29 heavy (non-hydrogen) atoms. The zero-order chi connectivity index (χ0) is 20.2. The molecule has 2 aromatic carbocycles. The highest BCUT2D eigenvalue weighted by Gasteiger charge is 2.20. The molecule has 1 fully saturated rings. The molecule has 4 rings (SSSR count). The number of aliphatic hydroxyl groups excluding tert-OH is 1. The average Bonchev–Trinajstić information content (AvgIpc) is 2.98. The molecule has 1 aliphatic heterocycles. The van der Waals surface area contributed by atoms with Gasteiger partial charge in [0, 0.05) is 35.7 Å². The van der Waals surface area contributed by atoms with Gasteiger partial charge in [0.15, 0.2) is 5.13 Å². The summed E-state index contributed by atoms with van der Waals surface area (Å²) in [6, 6.07) is 13.5. The van der Waals surface area contributed by atoms with Crippen LogP contribution in [-0.2, 0) is 0 Å². The molecule has 154 valence electrons. The number of thiazole rings is 1. The Hall–Kier alpha value is -1.38. The summed E-state index contributed by atoms with van der Waals surface area (Å²) in [4.78, 5) is 9.41. The topological polar surface area (TPSA) is 48.8 Å². The van der Waals surface area contributed by atoms with Gasteiger partial charge in [-0.15, -0.1) is 0 Å². The molecular formula is C21H23BrClN3O2S. The van der Waals surface area contributed by atoms with Crippen molar-refractivity contribution in [3.63, 3.8) is 0 Å². The molecule has 1 atom stereocenters. The standard InChI is InChI=1S/C21H23BrClN3O2S/c22-15-2-5-18(6-3-15)28-14-17(27)13-25-8-1-9-26(11-10-25)21-24-19-7-4-16(23)12-20(19)29-21/h2-7,12,17,27H,1,8-11,13-14H2/t17-/m0/s1.